The van der Waals surface area contributed by atoms with Gasteiger partial charge in [0.15, 0.2) is 0 Å². The van der Waals surface area contributed by atoms with Gasteiger partial charge < -0.3 is 18.9 Å². The SMILES string of the molecule is COc1ccc(CCN2CCC[C@@H](CN(C)Cc3nccn3-c3ccc(OC)cc3)C2)cc1. The molecular formula is C27H36N4O2. The molecule has 0 spiro atoms. The summed E-state index contributed by atoms with van der Waals surface area (Å²) in [6, 6.07) is 16.6. The highest BCUT2D eigenvalue weighted by atomic mass is 16.5. The first-order valence-electron chi connectivity index (χ1n) is 11.8. The van der Waals surface area contributed by atoms with Crippen LogP contribution in [0, 0.1) is 5.92 Å². The molecular weight excluding hydrogens is 412 g/mol. The molecule has 33 heavy (non-hydrogen) atoms. The van der Waals surface area contributed by atoms with E-state index in [2.05, 4.69) is 62.8 Å². The van der Waals surface area contributed by atoms with Crippen molar-refractivity contribution in [3.05, 3.63) is 72.3 Å². The molecule has 0 radical (unpaired) electrons. The van der Waals surface area contributed by atoms with Gasteiger partial charge in [-0.05, 0) is 80.7 Å². The van der Waals surface area contributed by atoms with Gasteiger partial charge >= 0.3 is 0 Å². The Kier molecular flexibility index (Phi) is 8.02. The molecule has 0 aliphatic carbocycles. The van der Waals surface area contributed by atoms with Crippen LogP contribution in [0.15, 0.2) is 60.9 Å². The number of ether oxygens (including phenoxy) is 2. The minimum Gasteiger partial charge on any atom is -0.497 e. The van der Waals surface area contributed by atoms with Crippen LogP contribution < -0.4 is 9.47 Å². The van der Waals surface area contributed by atoms with Crippen molar-refractivity contribution in [2.75, 3.05) is 47.4 Å². The molecule has 0 N–H and O–H groups in total. The van der Waals surface area contributed by atoms with Gasteiger partial charge in [0.1, 0.15) is 17.3 Å². The van der Waals surface area contributed by atoms with Crippen LogP contribution in [0.5, 0.6) is 11.5 Å². The Hall–Kier alpha value is -2.83. The number of methoxy groups -OCH3 is 2. The standard InChI is InChI=1S/C27H36N4O2/c1-29(21-27-28-15-18-31(27)24-8-12-26(33-3)13-9-24)19-23-5-4-16-30(20-23)17-14-22-6-10-25(32-2)11-7-22/h6-13,15,18,23H,4-5,14,16-17,19-21H2,1-3H3/t23-/m0/s1. The minimum atomic E-state index is 0.698. The molecule has 1 aliphatic rings. The highest BCUT2D eigenvalue weighted by Crippen LogP contribution is 2.20. The first-order chi connectivity index (χ1) is 16.1. The predicted molar refractivity (Wildman–Crippen MR) is 132 cm³/mol. The fourth-order valence-corrected chi connectivity index (χ4v) is 4.76. The van der Waals surface area contributed by atoms with Gasteiger partial charge in [0, 0.05) is 37.7 Å². The molecule has 1 aliphatic heterocycles. The third-order valence-corrected chi connectivity index (χ3v) is 6.53. The molecule has 0 saturated carbocycles. The second kappa shape index (κ2) is 11.3. The third-order valence-electron chi connectivity index (χ3n) is 6.53. The zero-order valence-corrected chi connectivity index (χ0v) is 20.1. The summed E-state index contributed by atoms with van der Waals surface area (Å²) < 4.78 is 12.7. The van der Waals surface area contributed by atoms with E-state index in [-0.39, 0.29) is 0 Å². The molecule has 1 atom stereocenters. The molecule has 6 heteroatoms. The lowest BCUT2D eigenvalue weighted by Gasteiger charge is -2.34. The van der Waals surface area contributed by atoms with E-state index in [1.165, 1.54) is 31.5 Å². The van der Waals surface area contributed by atoms with Gasteiger partial charge in [0.05, 0.1) is 20.8 Å². The molecule has 4 rings (SSSR count). The monoisotopic (exact) mass is 448 g/mol. The quantitative estimate of drug-likeness (QED) is 0.463. The second-order valence-electron chi connectivity index (χ2n) is 9.02. The van der Waals surface area contributed by atoms with Crippen molar-refractivity contribution in [2.24, 2.45) is 5.92 Å². The maximum atomic E-state index is 5.28. The van der Waals surface area contributed by atoms with E-state index in [0.717, 1.165) is 49.1 Å². The van der Waals surface area contributed by atoms with Crippen LogP contribution in [0.3, 0.4) is 0 Å². The van der Waals surface area contributed by atoms with E-state index in [1.807, 2.05) is 24.5 Å². The number of benzene rings is 2. The van der Waals surface area contributed by atoms with Crippen molar-refractivity contribution < 1.29 is 9.47 Å². The molecule has 1 aromatic heterocycles. The summed E-state index contributed by atoms with van der Waals surface area (Å²) in [5.74, 6) is 3.55. The molecule has 2 heterocycles. The Morgan fingerprint density at radius 3 is 2.39 bits per heavy atom. The number of rotatable bonds is 10. The van der Waals surface area contributed by atoms with Crippen LogP contribution in [0.2, 0.25) is 0 Å². The number of hydrogen-bond acceptors (Lipinski definition) is 5. The Morgan fingerprint density at radius 1 is 1.00 bits per heavy atom. The van der Waals surface area contributed by atoms with Crippen LogP contribution in [0.25, 0.3) is 5.69 Å². The summed E-state index contributed by atoms with van der Waals surface area (Å²) >= 11 is 0. The minimum absolute atomic E-state index is 0.698. The number of aromatic nitrogens is 2. The van der Waals surface area contributed by atoms with Crippen LogP contribution in [-0.4, -0.2) is 66.8 Å². The molecule has 0 unspecified atom stereocenters. The number of imidazole rings is 1. The number of likely N-dealkylation sites (tertiary alicyclic amines) is 1. The third kappa shape index (κ3) is 6.36. The Labute approximate surface area is 197 Å². The van der Waals surface area contributed by atoms with Crippen molar-refractivity contribution in [3.63, 3.8) is 0 Å². The number of piperidine rings is 1. The van der Waals surface area contributed by atoms with Crippen molar-refractivity contribution in [2.45, 2.75) is 25.8 Å². The average Bonchev–Trinajstić information content (AvgIpc) is 3.31. The topological polar surface area (TPSA) is 42.8 Å². The number of hydrogen-bond donors (Lipinski definition) is 0. The first kappa shape index (κ1) is 23.3. The van der Waals surface area contributed by atoms with Gasteiger partial charge in [0.25, 0.3) is 0 Å². The zero-order valence-electron chi connectivity index (χ0n) is 20.1. The maximum Gasteiger partial charge on any atom is 0.127 e. The van der Waals surface area contributed by atoms with E-state index in [9.17, 15) is 0 Å². The Balaban J connectivity index is 1.28. The van der Waals surface area contributed by atoms with Gasteiger partial charge in [-0.3, -0.25) is 4.90 Å². The highest BCUT2D eigenvalue weighted by molar-refractivity contribution is 5.38. The summed E-state index contributed by atoms with van der Waals surface area (Å²) in [7, 11) is 5.62. The van der Waals surface area contributed by atoms with Crippen molar-refractivity contribution in [1.29, 1.82) is 0 Å². The van der Waals surface area contributed by atoms with Crippen LogP contribution >= 0.6 is 0 Å². The van der Waals surface area contributed by atoms with E-state index in [4.69, 9.17) is 9.47 Å². The van der Waals surface area contributed by atoms with Crippen LogP contribution in [-0.2, 0) is 13.0 Å². The van der Waals surface area contributed by atoms with Gasteiger partial charge in [-0.2, -0.15) is 0 Å². The van der Waals surface area contributed by atoms with Gasteiger partial charge in [-0.1, -0.05) is 12.1 Å². The predicted octanol–water partition coefficient (Wildman–Crippen LogP) is 4.28. The largest absolute Gasteiger partial charge is 0.497 e. The number of nitrogens with zero attached hydrogens (tertiary/aromatic N) is 4. The zero-order chi connectivity index (χ0) is 23.0. The van der Waals surface area contributed by atoms with E-state index < -0.39 is 0 Å². The van der Waals surface area contributed by atoms with E-state index in [0.29, 0.717) is 5.92 Å². The molecule has 2 aromatic carbocycles. The fourth-order valence-electron chi connectivity index (χ4n) is 4.76. The summed E-state index contributed by atoms with van der Waals surface area (Å²) in [5, 5.41) is 0. The van der Waals surface area contributed by atoms with Gasteiger partial charge in [0.2, 0.25) is 0 Å². The summed E-state index contributed by atoms with van der Waals surface area (Å²) in [6.07, 6.45) is 7.59. The molecule has 1 saturated heterocycles. The van der Waals surface area contributed by atoms with E-state index >= 15 is 0 Å². The van der Waals surface area contributed by atoms with Crippen molar-refractivity contribution in [3.8, 4) is 17.2 Å². The molecule has 0 bridgehead atoms. The Bertz CT molecular complexity index is 984. The fraction of sp³-hybridized carbons (Fsp3) is 0.444. The summed E-state index contributed by atoms with van der Waals surface area (Å²) in [5.41, 5.74) is 2.49. The second-order valence-corrected chi connectivity index (χ2v) is 9.02. The van der Waals surface area contributed by atoms with Crippen LogP contribution in [0.1, 0.15) is 24.2 Å². The summed E-state index contributed by atoms with van der Waals surface area (Å²) in [4.78, 5) is 9.68. The van der Waals surface area contributed by atoms with Crippen molar-refractivity contribution in [1.82, 2.24) is 19.4 Å². The molecule has 0 amide bonds. The molecule has 176 valence electrons. The highest BCUT2D eigenvalue weighted by Gasteiger charge is 2.21. The van der Waals surface area contributed by atoms with Crippen molar-refractivity contribution >= 4 is 0 Å². The molecule has 3 aromatic rings. The smallest absolute Gasteiger partial charge is 0.127 e. The molecule has 6 nitrogen and oxygen atoms in total. The Morgan fingerprint density at radius 2 is 1.70 bits per heavy atom. The lowest BCUT2D eigenvalue weighted by atomic mass is 9.97. The van der Waals surface area contributed by atoms with Gasteiger partial charge in [-0.25, -0.2) is 4.98 Å². The lowest BCUT2D eigenvalue weighted by molar-refractivity contribution is 0.141. The van der Waals surface area contributed by atoms with Crippen LogP contribution in [0.4, 0.5) is 0 Å². The first-order valence-corrected chi connectivity index (χ1v) is 11.8. The molecule has 1 fully saturated rings. The average molecular weight is 449 g/mol. The lowest BCUT2D eigenvalue weighted by Crippen LogP contribution is -2.41. The normalized spacial score (nSPS) is 16.8. The van der Waals surface area contributed by atoms with E-state index in [1.54, 1.807) is 14.2 Å². The maximum absolute atomic E-state index is 5.28. The van der Waals surface area contributed by atoms with Gasteiger partial charge in [-0.15, -0.1) is 0 Å². The summed E-state index contributed by atoms with van der Waals surface area (Å²) in [6.45, 7) is 5.43.